The lowest BCUT2D eigenvalue weighted by atomic mass is 9.76. The number of ether oxygens (including phenoxy) is 2. The highest BCUT2D eigenvalue weighted by Gasteiger charge is 2.49. The van der Waals surface area contributed by atoms with Gasteiger partial charge in [0.05, 0.1) is 20.3 Å². The van der Waals surface area contributed by atoms with E-state index in [4.69, 9.17) is 13.9 Å². The van der Waals surface area contributed by atoms with Crippen LogP contribution in [0.3, 0.4) is 0 Å². The highest BCUT2D eigenvalue weighted by atomic mass is 16.5. The second-order valence-corrected chi connectivity index (χ2v) is 7.14. The first-order valence-electron chi connectivity index (χ1n) is 8.87. The Labute approximate surface area is 152 Å². The van der Waals surface area contributed by atoms with Crippen molar-refractivity contribution in [2.75, 3.05) is 40.0 Å². The number of hydrogen-bond acceptors (Lipinski definition) is 5. The van der Waals surface area contributed by atoms with Gasteiger partial charge in [0.1, 0.15) is 11.5 Å². The number of likely N-dealkylation sites (tertiary alicyclic amines) is 1. The van der Waals surface area contributed by atoms with Crippen molar-refractivity contribution < 1.29 is 23.8 Å². The fourth-order valence-electron chi connectivity index (χ4n) is 3.99. The summed E-state index contributed by atoms with van der Waals surface area (Å²) < 4.78 is 16.5. The van der Waals surface area contributed by atoms with Crippen molar-refractivity contribution in [2.24, 2.45) is 11.3 Å². The van der Waals surface area contributed by atoms with Gasteiger partial charge in [-0.3, -0.25) is 4.79 Å². The molecule has 26 heavy (non-hydrogen) atoms. The minimum Gasteiger partial charge on any atom is -0.497 e. The number of aliphatic hydroxyl groups is 1. The van der Waals surface area contributed by atoms with Gasteiger partial charge in [-0.25, -0.2) is 0 Å². The summed E-state index contributed by atoms with van der Waals surface area (Å²) in [5.41, 5.74) is 0.555. The number of fused-ring (bicyclic) bond motifs is 1. The standard InChI is InChI=1S/C20H23NO5/c1-24-16-4-2-14(3-5-16)17-6-7-18(26-17)19(23)21-10-15-8-9-25-13-20(15,11-21)12-22/h2-7,15,22H,8-13H2,1H3/t15-,20+/m0/s1. The van der Waals surface area contributed by atoms with Crippen molar-refractivity contribution in [1.82, 2.24) is 4.90 Å². The molecule has 0 aliphatic carbocycles. The summed E-state index contributed by atoms with van der Waals surface area (Å²) >= 11 is 0. The number of amides is 1. The molecule has 138 valence electrons. The third-order valence-corrected chi connectivity index (χ3v) is 5.61. The molecule has 0 unspecified atom stereocenters. The lowest BCUT2D eigenvalue weighted by Gasteiger charge is -2.36. The molecule has 1 amide bonds. The highest BCUT2D eigenvalue weighted by molar-refractivity contribution is 5.92. The average molecular weight is 357 g/mol. The van der Waals surface area contributed by atoms with Crippen molar-refractivity contribution in [3.63, 3.8) is 0 Å². The van der Waals surface area contributed by atoms with Gasteiger partial charge in [-0.2, -0.15) is 0 Å². The average Bonchev–Trinajstić information content (AvgIpc) is 3.33. The second kappa shape index (κ2) is 6.78. The van der Waals surface area contributed by atoms with Crippen LogP contribution in [0.5, 0.6) is 5.75 Å². The molecular weight excluding hydrogens is 334 g/mol. The van der Waals surface area contributed by atoms with E-state index in [1.807, 2.05) is 30.3 Å². The number of furan rings is 1. The maximum atomic E-state index is 12.9. The fraction of sp³-hybridized carbons (Fsp3) is 0.450. The largest absolute Gasteiger partial charge is 0.497 e. The van der Waals surface area contributed by atoms with Gasteiger partial charge in [-0.05, 0) is 48.7 Å². The molecule has 0 bridgehead atoms. The summed E-state index contributed by atoms with van der Waals surface area (Å²) in [5, 5.41) is 9.87. The van der Waals surface area contributed by atoms with Crippen LogP contribution in [0.2, 0.25) is 0 Å². The van der Waals surface area contributed by atoms with Gasteiger partial charge in [-0.1, -0.05) is 0 Å². The summed E-state index contributed by atoms with van der Waals surface area (Å²) in [4.78, 5) is 14.7. The molecule has 0 spiro atoms. The molecule has 1 N–H and O–H groups in total. The third kappa shape index (κ3) is 2.89. The van der Waals surface area contributed by atoms with Crippen LogP contribution >= 0.6 is 0 Å². The van der Waals surface area contributed by atoms with Gasteiger partial charge in [0.15, 0.2) is 5.76 Å². The maximum absolute atomic E-state index is 12.9. The number of methoxy groups -OCH3 is 1. The smallest absolute Gasteiger partial charge is 0.289 e. The first kappa shape index (κ1) is 17.1. The minimum atomic E-state index is -0.334. The first-order valence-corrected chi connectivity index (χ1v) is 8.87. The molecule has 4 rings (SSSR count). The van der Waals surface area contributed by atoms with Crippen LogP contribution in [-0.4, -0.2) is 55.9 Å². The van der Waals surface area contributed by atoms with Gasteiger partial charge in [0.25, 0.3) is 5.91 Å². The fourth-order valence-corrected chi connectivity index (χ4v) is 3.99. The number of benzene rings is 1. The quantitative estimate of drug-likeness (QED) is 0.910. The topological polar surface area (TPSA) is 72.1 Å². The minimum absolute atomic E-state index is 0.0384. The van der Waals surface area contributed by atoms with Crippen molar-refractivity contribution in [1.29, 1.82) is 0 Å². The molecule has 2 atom stereocenters. The normalized spacial score (nSPS) is 25.2. The van der Waals surface area contributed by atoms with Gasteiger partial charge >= 0.3 is 0 Å². The zero-order valence-corrected chi connectivity index (χ0v) is 14.8. The van der Waals surface area contributed by atoms with Crippen molar-refractivity contribution in [3.8, 4) is 17.1 Å². The van der Waals surface area contributed by atoms with Crippen LogP contribution in [-0.2, 0) is 4.74 Å². The van der Waals surface area contributed by atoms with Crippen LogP contribution in [0.1, 0.15) is 17.0 Å². The second-order valence-electron chi connectivity index (χ2n) is 7.14. The molecule has 0 saturated carbocycles. The van der Waals surface area contributed by atoms with Crippen LogP contribution < -0.4 is 4.74 Å². The monoisotopic (exact) mass is 357 g/mol. The summed E-state index contributed by atoms with van der Waals surface area (Å²) in [5.74, 6) is 1.89. The Morgan fingerprint density at radius 1 is 1.31 bits per heavy atom. The van der Waals surface area contributed by atoms with Crippen LogP contribution in [0.4, 0.5) is 0 Å². The molecule has 2 saturated heterocycles. The van der Waals surface area contributed by atoms with E-state index in [9.17, 15) is 9.90 Å². The zero-order valence-electron chi connectivity index (χ0n) is 14.8. The van der Waals surface area contributed by atoms with E-state index in [2.05, 4.69) is 0 Å². The number of carbonyl (C=O) groups excluding carboxylic acids is 1. The zero-order chi connectivity index (χ0) is 18.1. The van der Waals surface area contributed by atoms with E-state index in [0.717, 1.165) is 17.7 Å². The molecule has 0 radical (unpaired) electrons. The van der Waals surface area contributed by atoms with Crippen molar-refractivity contribution >= 4 is 5.91 Å². The third-order valence-electron chi connectivity index (χ3n) is 5.61. The molecule has 2 aliphatic rings. The van der Waals surface area contributed by atoms with Crippen LogP contribution in [0.15, 0.2) is 40.8 Å². The van der Waals surface area contributed by atoms with Crippen molar-refractivity contribution in [2.45, 2.75) is 6.42 Å². The molecule has 2 aromatic rings. The van der Waals surface area contributed by atoms with Gasteiger partial charge in [0.2, 0.25) is 0 Å². The van der Waals surface area contributed by atoms with Gasteiger partial charge in [-0.15, -0.1) is 0 Å². The van der Waals surface area contributed by atoms with E-state index in [-0.39, 0.29) is 23.8 Å². The number of rotatable bonds is 4. The molecule has 1 aromatic heterocycles. The van der Waals surface area contributed by atoms with Gasteiger partial charge < -0.3 is 23.9 Å². The maximum Gasteiger partial charge on any atom is 0.289 e. The Hall–Kier alpha value is -2.31. The predicted octanol–water partition coefficient (Wildman–Crippen LogP) is 2.43. The first-order chi connectivity index (χ1) is 12.6. The molecule has 2 aliphatic heterocycles. The summed E-state index contributed by atoms with van der Waals surface area (Å²) in [7, 11) is 1.62. The number of nitrogens with zero attached hydrogens (tertiary/aromatic N) is 1. The number of aliphatic hydroxyl groups excluding tert-OH is 1. The number of hydrogen-bond donors (Lipinski definition) is 1. The van der Waals surface area contributed by atoms with E-state index in [1.54, 1.807) is 18.1 Å². The lowest BCUT2D eigenvalue weighted by Crippen LogP contribution is -2.43. The Morgan fingerprint density at radius 2 is 2.12 bits per heavy atom. The molecule has 6 nitrogen and oxygen atoms in total. The Bertz CT molecular complexity index is 784. The molecule has 3 heterocycles. The molecule has 2 fully saturated rings. The van der Waals surface area contributed by atoms with Crippen molar-refractivity contribution in [3.05, 3.63) is 42.2 Å². The van der Waals surface area contributed by atoms with E-state index in [0.29, 0.717) is 37.8 Å². The van der Waals surface area contributed by atoms with Crippen LogP contribution in [0, 0.1) is 11.3 Å². The van der Waals surface area contributed by atoms with Crippen LogP contribution in [0.25, 0.3) is 11.3 Å². The van der Waals surface area contributed by atoms with Gasteiger partial charge in [0, 0.05) is 30.7 Å². The number of carbonyl (C=O) groups is 1. The molecular formula is C20H23NO5. The Balaban J connectivity index is 1.51. The summed E-state index contributed by atoms with van der Waals surface area (Å²) in [6.45, 7) is 2.38. The molecule has 6 heteroatoms. The SMILES string of the molecule is COc1ccc(-c2ccc(C(=O)N3C[C@@H]4CCOC[C@]4(CO)C3)o2)cc1. The van der Waals surface area contributed by atoms with E-state index >= 15 is 0 Å². The summed E-state index contributed by atoms with van der Waals surface area (Å²) in [6, 6.07) is 11.0. The predicted molar refractivity (Wildman–Crippen MR) is 95.0 cm³/mol. The molecule has 1 aromatic carbocycles. The Morgan fingerprint density at radius 3 is 2.81 bits per heavy atom. The van der Waals surface area contributed by atoms with E-state index < -0.39 is 0 Å². The van der Waals surface area contributed by atoms with E-state index in [1.165, 1.54) is 0 Å². The summed E-state index contributed by atoms with van der Waals surface area (Å²) in [6.07, 6.45) is 0.875. The lowest BCUT2D eigenvalue weighted by molar-refractivity contribution is -0.0557. The highest BCUT2D eigenvalue weighted by Crippen LogP contribution is 2.41. The Kier molecular flexibility index (Phi) is 4.46.